The zero-order valence-corrected chi connectivity index (χ0v) is 14.4. The molecule has 0 aliphatic rings. The third kappa shape index (κ3) is 3.85. The summed E-state index contributed by atoms with van der Waals surface area (Å²) in [4.78, 5) is 17.4. The molecule has 1 aromatic carbocycles. The Balaban J connectivity index is 2.09. The normalized spacial score (nSPS) is 11.3. The van der Waals surface area contributed by atoms with Gasteiger partial charge in [0.1, 0.15) is 17.4 Å². The number of hydrogen-bond acceptors (Lipinski definition) is 5. The van der Waals surface area contributed by atoms with Crippen molar-refractivity contribution in [3.8, 4) is 5.75 Å². The van der Waals surface area contributed by atoms with Crippen molar-refractivity contribution in [1.29, 1.82) is 0 Å². The third-order valence-corrected chi connectivity index (χ3v) is 4.11. The SMILES string of the molecule is COC(=O)c1cccc(OCc2nc(C(C)(C)C)c(C)s2)c1. The number of thiazole rings is 1. The molecule has 118 valence electrons. The minimum absolute atomic E-state index is 0.0314. The van der Waals surface area contributed by atoms with Gasteiger partial charge < -0.3 is 9.47 Å². The lowest BCUT2D eigenvalue weighted by atomic mass is 9.92. The highest BCUT2D eigenvalue weighted by Gasteiger charge is 2.21. The van der Waals surface area contributed by atoms with Crippen molar-refractivity contribution in [2.45, 2.75) is 39.7 Å². The topological polar surface area (TPSA) is 48.4 Å². The number of aromatic nitrogens is 1. The highest BCUT2D eigenvalue weighted by molar-refractivity contribution is 7.11. The van der Waals surface area contributed by atoms with Crippen molar-refractivity contribution in [3.05, 3.63) is 45.4 Å². The van der Waals surface area contributed by atoms with Crippen LogP contribution in [0.15, 0.2) is 24.3 Å². The van der Waals surface area contributed by atoms with Crippen LogP contribution in [0.3, 0.4) is 0 Å². The number of hydrogen-bond donors (Lipinski definition) is 0. The van der Waals surface area contributed by atoms with Gasteiger partial charge in [-0.2, -0.15) is 0 Å². The summed E-state index contributed by atoms with van der Waals surface area (Å²) in [7, 11) is 1.36. The van der Waals surface area contributed by atoms with E-state index >= 15 is 0 Å². The molecule has 0 saturated heterocycles. The lowest BCUT2D eigenvalue weighted by Gasteiger charge is -2.16. The number of rotatable bonds is 4. The Hall–Kier alpha value is -1.88. The summed E-state index contributed by atoms with van der Waals surface area (Å²) in [6, 6.07) is 6.97. The van der Waals surface area contributed by atoms with E-state index in [4.69, 9.17) is 9.47 Å². The molecule has 2 aromatic rings. The first-order chi connectivity index (χ1) is 10.3. The summed E-state index contributed by atoms with van der Waals surface area (Å²) in [6.45, 7) is 8.93. The minimum atomic E-state index is -0.370. The first-order valence-electron chi connectivity index (χ1n) is 7.09. The number of nitrogens with zero attached hydrogens (tertiary/aromatic N) is 1. The first kappa shape index (κ1) is 16.5. The van der Waals surface area contributed by atoms with E-state index in [1.54, 1.807) is 29.5 Å². The van der Waals surface area contributed by atoms with Crippen LogP contribution in [-0.4, -0.2) is 18.1 Å². The molecule has 1 heterocycles. The Morgan fingerprint density at radius 1 is 1.32 bits per heavy atom. The maximum absolute atomic E-state index is 11.5. The third-order valence-electron chi connectivity index (χ3n) is 3.17. The molecule has 1 aromatic heterocycles. The number of carbonyl (C=O) groups excluding carboxylic acids is 1. The van der Waals surface area contributed by atoms with E-state index in [-0.39, 0.29) is 11.4 Å². The Kier molecular flexibility index (Phi) is 4.86. The van der Waals surface area contributed by atoms with E-state index in [0.717, 1.165) is 10.7 Å². The van der Waals surface area contributed by atoms with Gasteiger partial charge in [-0.1, -0.05) is 26.8 Å². The van der Waals surface area contributed by atoms with Crippen LogP contribution in [0.5, 0.6) is 5.75 Å². The molecule has 0 N–H and O–H groups in total. The Morgan fingerprint density at radius 2 is 2.05 bits per heavy atom. The average Bonchev–Trinajstić information content (AvgIpc) is 2.86. The molecule has 0 saturated carbocycles. The summed E-state index contributed by atoms with van der Waals surface area (Å²) in [5, 5.41) is 0.936. The van der Waals surface area contributed by atoms with Crippen molar-refractivity contribution in [3.63, 3.8) is 0 Å². The van der Waals surface area contributed by atoms with Crippen LogP contribution < -0.4 is 4.74 Å². The molecule has 0 atom stereocenters. The van der Waals surface area contributed by atoms with E-state index in [9.17, 15) is 4.79 Å². The van der Waals surface area contributed by atoms with Crippen molar-refractivity contribution in [1.82, 2.24) is 4.98 Å². The number of aryl methyl sites for hydroxylation is 1. The highest BCUT2D eigenvalue weighted by atomic mass is 32.1. The zero-order valence-electron chi connectivity index (χ0n) is 13.6. The van der Waals surface area contributed by atoms with Gasteiger partial charge in [0, 0.05) is 10.3 Å². The van der Waals surface area contributed by atoms with E-state index < -0.39 is 0 Å². The highest BCUT2D eigenvalue weighted by Crippen LogP contribution is 2.29. The van der Waals surface area contributed by atoms with Crippen LogP contribution >= 0.6 is 11.3 Å². The molecule has 0 aliphatic heterocycles. The Bertz CT molecular complexity index is 671. The molecule has 0 radical (unpaired) electrons. The van der Waals surface area contributed by atoms with Crippen molar-refractivity contribution < 1.29 is 14.3 Å². The standard InChI is InChI=1S/C17H21NO3S/c1-11-15(17(2,3)4)18-14(22-11)10-21-13-8-6-7-12(9-13)16(19)20-5/h6-9H,10H2,1-5H3. The molecule has 5 heteroatoms. The molecule has 2 rings (SSSR count). The molecule has 0 aliphatic carbocycles. The lowest BCUT2D eigenvalue weighted by molar-refractivity contribution is 0.0600. The molecule has 0 bridgehead atoms. The minimum Gasteiger partial charge on any atom is -0.486 e. The summed E-state index contributed by atoms with van der Waals surface area (Å²) < 4.78 is 10.5. The van der Waals surface area contributed by atoms with Crippen LogP contribution in [0, 0.1) is 6.92 Å². The van der Waals surface area contributed by atoms with Crippen molar-refractivity contribution in [2.24, 2.45) is 0 Å². The van der Waals surface area contributed by atoms with E-state index in [1.807, 2.05) is 6.07 Å². The van der Waals surface area contributed by atoms with Gasteiger partial charge in [-0.25, -0.2) is 9.78 Å². The fraction of sp³-hybridized carbons (Fsp3) is 0.412. The van der Waals surface area contributed by atoms with Gasteiger partial charge in [0.05, 0.1) is 18.4 Å². The second-order valence-corrected chi connectivity index (χ2v) is 7.36. The van der Waals surface area contributed by atoms with Crippen molar-refractivity contribution in [2.75, 3.05) is 7.11 Å². The predicted molar refractivity (Wildman–Crippen MR) is 87.7 cm³/mol. The van der Waals surface area contributed by atoms with Crippen LogP contribution in [0.2, 0.25) is 0 Å². The largest absolute Gasteiger partial charge is 0.486 e. The molecule has 4 nitrogen and oxygen atoms in total. The van der Waals surface area contributed by atoms with Gasteiger partial charge in [-0.15, -0.1) is 11.3 Å². The second kappa shape index (κ2) is 6.48. The number of benzene rings is 1. The quantitative estimate of drug-likeness (QED) is 0.796. The van der Waals surface area contributed by atoms with Crippen LogP contribution in [0.25, 0.3) is 0 Å². The number of carbonyl (C=O) groups is 1. The number of ether oxygens (including phenoxy) is 2. The molecular formula is C17H21NO3S. The van der Waals surface area contributed by atoms with Gasteiger partial charge in [0.25, 0.3) is 0 Å². The van der Waals surface area contributed by atoms with Crippen LogP contribution in [-0.2, 0) is 16.8 Å². The fourth-order valence-corrected chi connectivity index (χ4v) is 3.24. The number of methoxy groups -OCH3 is 1. The van der Waals surface area contributed by atoms with Gasteiger partial charge in [0.15, 0.2) is 0 Å². The Morgan fingerprint density at radius 3 is 2.64 bits per heavy atom. The number of esters is 1. The lowest BCUT2D eigenvalue weighted by Crippen LogP contribution is -2.13. The molecular weight excluding hydrogens is 298 g/mol. The second-order valence-electron chi connectivity index (χ2n) is 6.07. The van der Waals surface area contributed by atoms with E-state index in [1.165, 1.54) is 12.0 Å². The van der Waals surface area contributed by atoms with Gasteiger partial charge >= 0.3 is 5.97 Å². The predicted octanol–water partition coefficient (Wildman–Crippen LogP) is 4.11. The summed E-state index contributed by atoms with van der Waals surface area (Å²) in [5.41, 5.74) is 1.62. The summed E-state index contributed by atoms with van der Waals surface area (Å²) >= 11 is 1.65. The summed E-state index contributed by atoms with van der Waals surface area (Å²) in [6.07, 6.45) is 0. The maximum atomic E-state index is 11.5. The smallest absolute Gasteiger partial charge is 0.337 e. The average molecular weight is 319 g/mol. The van der Waals surface area contributed by atoms with Crippen LogP contribution in [0.4, 0.5) is 0 Å². The molecule has 22 heavy (non-hydrogen) atoms. The molecule has 0 spiro atoms. The van der Waals surface area contributed by atoms with Crippen molar-refractivity contribution >= 4 is 17.3 Å². The van der Waals surface area contributed by atoms with Gasteiger partial charge in [-0.05, 0) is 25.1 Å². The summed E-state index contributed by atoms with van der Waals surface area (Å²) in [5.74, 6) is 0.263. The fourth-order valence-electron chi connectivity index (χ4n) is 2.18. The molecule has 0 unspecified atom stereocenters. The maximum Gasteiger partial charge on any atom is 0.337 e. The van der Waals surface area contributed by atoms with E-state index in [0.29, 0.717) is 17.9 Å². The Labute approximate surface area is 135 Å². The molecule has 0 fully saturated rings. The first-order valence-corrected chi connectivity index (χ1v) is 7.91. The monoisotopic (exact) mass is 319 g/mol. The van der Waals surface area contributed by atoms with Gasteiger partial charge in [-0.3, -0.25) is 0 Å². The zero-order chi connectivity index (χ0) is 16.3. The molecule has 0 amide bonds. The van der Waals surface area contributed by atoms with Crippen LogP contribution in [0.1, 0.15) is 46.7 Å². The van der Waals surface area contributed by atoms with E-state index in [2.05, 4.69) is 32.7 Å². The van der Waals surface area contributed by atoms with Gasteiger partial charge in [0.2, 0.25) is 0 Å².